The standard InChI is InChI=1S/C31H30ClFN6O2/c1-38(2)22-16-39(17-22)30(40)18-6-4-7-21(12-18)36-31-35-15-19-14-34-29(27-25(33)8-5-9-26(27)41-3)24-13-20(32)10-11-23(24)28(19)37-31/h4-11,13,15,18,22H,12,14,16-17H2,1-3H3,(H,35,36,37). The van der Waals surface area contributed by atoms with E-state index in [-0.39, 0.29) is 23.9 Å². The van der Waals surface area contributed by atoms with Crippen molar-refractivity contribution < 1.29 is 13.9 Å². The third-order valence-electron chi connectivity index (χ3n) is 7.77. The van der Waals surface area contributed by atoms with Crippen molar-refractivity contribution in [2.24, 2.45) is 10.9 Å². The summed E-state index contributed by atoms with van der Waals surface area (Å²) in [6.45, 7) is 1.76. The monoisotopic (exact) mass is 572 g/mol. The summed E-state index contributed by atoms with van der Waals surface area (Å²) in [5.41, 5.74) is 4.45. The molecule has 0 bridgehead atoms. The molecule has 210 valence electrons. The summed E-state index contributed by atoms with van der Waals surface area (Å²) in [5, 5.41) is 3.81. The van der Waals surface area contributed by atoms with Crippen molar-refractivity contribution in [3.63, 3.8) is 0 Å². The molecule has 3 heterocycles. The Balaban J connectivity index is 1.27. The van der Waals surface area contributed by atoms with Gasteiger partial charge < -0.3 is 19.9 Å². The highest BCUT2D eigenvalue weighted by molar-refractivity contribution is 6.31. The highest BCUT2D eigenvalue weighted by Crippen LogP contribution is 2.36. The number of fused-ring (bicyclic) bond motifs is 3. The second-order valence-electron chi connectivity index (χ2n) is 10.6. The number of anilines is 1. The molecule has 3 aromatic rings. The Labute approximate surface area is 243 Å². The lowest BCUT2D eigenvalue weighted by atomic mass is 9.94. The number of likely N-dealkylation sites (tertiary alicyclic amines) is 1. The fourth-order valence-electron chi connectivity index (χ4n) is 5.38. The molecular weight excluding hydrogens is 543 g/mol. The third kappa shape index (κ3) is 5.23. The molecule has 0 saturated carbocycles. The molecule has 1 fully saturated rings. The Morgan fingerprint density at radius 3 is 2.80 bits per heavy atom. The zero-order chi connectivity index (χ0) is 28.7. The molecule has 10 heteroatoms. The van der Waals surface area contributed by atoms with Gasteiger partial charge in [-0.2, -0.15) is 0 Å². The number of likely N-dealkylation sites (N-methyl/N-ethyl adjacent to an activating group) is 1. The van der Waals surface area contributed by atoms with E-state index in [4.69, 9.17) is 26.3 Å². The van der Waals surface area contributed by atoms with Crippen LogP contribution in [0.2, 0.25) is 5.02 Å². The number of amides is 1. The molecule has 1 amide bonds. The largest absolute Gasteiger partial charge is 0.496 e. The van der Waals surface area contributed by atoms with E-state index in [9.17, 15) is 4.79 Å². The summed E-state index contributed by atoms with van der Waals surface area (Å²) < 4.78 is 20.6. The average Bonchev–Trinajstić information content (AvgIpc) is 3.08. The van der Waals surface area contributed by atoms with Crippen LogP contribution < -0.4 is 10.1 Å². The van der Waals surface area contributed by atoms with Gasteiger partial charge in [-0.05, 0) is 44.4 Å². The molecule has 1 unspecified atom stereocenters. The van der Waals surface area contributed by atoms with Crippen LogP contribution in [-0.2, 0) is 11.3 Å². The highest BCUT2D eigenvalue weighted by Gasteiger charge is 2.35. The van der Waals surface area contributed by atoms with E-state index < -0.39 is 5.82 Å². The molecule has 3 aliphatic rings. The number of nitrogens with zero attached hydrogens (tertiary/aromatic N) is 5. The van der Waals surface area contributed by atoms with Gasteiger partial charge in [0.2, 0.25) is 11.9 Å². The van der Waals surface area contributed by atoms with Crippen molar-refractivity contribution in [3.8, 4) is 17.0 Å². The molecule has 0 radical (unpaired) electrons. The van der Waals surface area contributed by atoms with E-state index in [1.165, 1.54) is 13.2 Å². The first-order valence-electron chi connectivity index (χ1n) is 13.5. The number of carbonyl (C=O) groups excluding carboxylic acids is 1. The van der Waals surface area contributed by atoms with Crippen molar-refractivity contribution in [2.45, 2.75) is 19.0 Å². The van der Waals surface area contributed by atoms with Gasteiger partial charge in [0.1, 0.15) is 11.6 Å². The van der Waals surface area contributed by atoms with Crippen LogP contribution in [0.25, 0.3) is 11.3 Å². The second-order valence-corrected chi connectivity index (χ2v) is 11.0. The van der Waals surface area contributed by atoms with Crippen LogP contribution >= 0.6 is 11.6 Å². The van der Waals surface area contributed by atoms with Gasteiger partial charge in [-0.15, -0.1) is 0 Å². The molecule has 8 nitrogen and oxygen atoms in total. The van der Waals surface area contributed by atoms with Gasteiger partial charge in [0, 0.05) is 59.2 Å². The molecule has 1 aromatic heterocycles. The Morgan fingerprint density at radius 1 is 1.20 bits per heavy atom. The first-order chi connectivity index (χ1) is 19.8. The Kier molecular flexibility index (Phi) is 7.32. The maximum Gasteiger partial charge on any atom is 0.230 e. The van der Waals surface area contributed by atoms with Crippen LogP contribution in [0.1, 0.15) is 23.1 Å². The van der Waals surface area contributed by atoms with Crippen molar-refractivity contribution in [1.29, 1.82) is 0 Å². The van der Waals surface area contributed by atoms with Crippen LogP contribution in [0.15, 0.2) is 71.5 Å². The van der Waals surface area contributed by atoms with E-state index in [1.807, 2.05) is 43.3 Å². The summed E-state index contributed by atoms with van der Waals surface area (Å²) in [5.74, 6) is 0.242. The summed E-state index contributed by atoms with van der Waals surface area (Å²) >= 11 is 6.41. The predicted octanol–water partition coefficient (Wildman–Crippen LogP) is 4.94. The molecule has 2 aliphatic heterocycles. The number of halogens is 2. The molecule has 1 atom stereocenters. The first kappa shape index (κ1) is 27.1. The number of hydrogen-bond acceptors (Lipinski definition) is 7. The van der Waals surface area contributed by atoms with Crippen LogP contribution in [-0.4, -0.2) is 71.7 Å². The Bertz CT molecular complexity index is 1610. The molecular formula is C31H30ClFN6O2. The number of rotatable bonds is 6. The van der Waals surface area contributed by atoms with E-state index >= 15 is 4.39 Å². The van der Waals surface area contributed by atoms with Crippen molar-refractivity contribution >= 4 is 29.2 Å². The van der Waals surface area contributed by atoms with Crippen LogP contribution in [0.4, 0.5) is 10.3 Å². The Hall–Kier alpha value is -4.08. The van der Waals surface area contributed by atoms with E-state index in [1.54, 1.807) is 30.5 Å². The van der Waals surface area contributed by atoms with E-state index in [0.29, 0.717) is 46.2 Å². The lowest BCUT2D eigenvalue weighted by molar-refractivity contribution is -0.140. The third-order valence-corrected chi connectivity index (χ3v) is 8.01. The second kappa shape index (κ2) is 11.1. The highest BCUT2D eigenvalue weighted by atomic mass is 35.5. The maximum absolute atomic E-state index is 15.1. The molecule has 1 aliphatic carbocycles. The van der Waals surface area contributed by atoms with Crippen LogP contribution in [0, 0.1) is 11.7 Å². The number of methoxy groups -OCH3 is 1. The van der Waals surface area contributed by atoms with Gasteiger partial charge in [-0.1, -0.05) is 35.9 Å². The summed E-state index contributed by atoms with van der Waals surface area (Å²) in [4.78, 5) is 31.3. The summed E-state index contributed by atoms with van der Waals surface area (Å²) in [6.07, 6.45) is 8.06. The van der Waals surface area contributed by atoms with Gasteiger partial charge in [0.25, 0.3) is 0 Å². The maximum atomic E-state index is 15.1. The number of allylic oxidation sites excluding steroid dienone is 3. The molecule has 41 heavy (non-hydrogen) atoms. The molecule has 0 spiro atoms. The average molecular weight is 573 g/mol. The van der Waals surface area contributed by atoms with Crippen LogP contribution in [0.3, 0.4) is 0 Å². The van der Waals surface area contributed by atoms with E-state index in [0.717, 1.165) is 29.9 Å². The molecule has 1 N–H and O–H groups in total. The van der Waals surface area contributed by atoms with Gasteiger partial charge in [-0.25, -0.2) is 14.4 Å². The quantitative estimate of drug-likeness (QED) is 0.450. The van der Waals surface area contributed by atoms with Crippen molar-refractivity contribution in [2.75, 3.05) is 39.6 Å². The first-order valence-corrected chi connectivity index (χ1v) is 13.8. The predicted molar refractivity (Wildman–Crippen MR) is 158 cm³/mol. The van der Waals surface area contributed by atoms with Gasteiger partial charge in [0.15, 0.2) is 0 Å². The minimum absolute atomic E-state index is 0.133. The fourth-order valence-corrected chi connectivity index (χ4v) is 5.56. The summed E-state index contributed by atoms with van der Waals surface area (Å²) in [6, 6.07) is 10.5. The van der Waals surface area contributed by atoms with E-state index in [2.05, 4.69) is 15.2 Å². The van der Waals surface area contributed by atoms with Crippen molar-refractivity contribution in [1.82, 2.24) is 19.8 Å². The van der Waals surface area contributed by atoms with Gasteiger partial charge >= 0.3 is 0 Å². The minimum Gasteiger partial charge on any atom is -0.496 e. The van der Waals surface area contributed by atoms with Crippen LogP contribution in [0.5, 0.6) is 5.75 Å². The normalized spacial score (nSPS) is 18.1. The lowest BCUT2D eigenvalue weighted by Crippen LogP contribution is -2.60. The number of ether oxygens (including phenoxy) is 1. The molecule has 1 saturated heterocycles. The fraction of sp³-hybridized carbons (Fsp3) is 0.290. The zero-order valence-corrected chi connectivity index (χ0v) is 23.8. The molecule has 6 rings (SSSR count). The number of aromatic nitrogens is 2. The lowest BCUT2D eigenvalue weighted by Gasteiger charge is -2.44. The number of carbonyl (C=O) groups is 1. The Morgan fingerprint density at radius 2 is 2.02 bits per heavy atom. The number of benzene rings is 2. The SMILES string of the molecule is COc1cccc(F)c1C1=NCc2cnc(NC3=CC=CC(C(=O)N4CC(N(C)C)C4)C3)nc2-c2ccc(Cl)cc21. The number of aliphatic imine (C=N–C) groups is 1. The zero-order valence-electron chi connectivity index (χ0n) is 23.1. The molecule has 2 aromatic carbocycles. The topological polar surface area (TPSA) is 83.0 Å². The number of hydrogen-bond donors (Lipinski definition) is 1. The summed E-state index contributed by atoms with van der Waals surface area (Å²) in [7, 11) is 5.58. The smallest absolute Gasteiger partial charge is 0.230 e. The van der Waals surface area contributed by atoms with Gasteiger partial charge in [0.05, 0.1) is 36.5 Å². The van der Waals surface area contributed by atoms with Gasteiger partial charge in [-0.3, -0.25) is 9.79 Å². The minimum atomic E-state index is -0.440. The van der Waals surface area contributed by atoms with Crippen molar-refractivity contribution in [3.05, 3.63) is 94.1 Å². The number of nitrogens with one attached hydrogen (secondary N) is 1.